The summed E-state index contributed by atoms with van der Waals surface area (Å²) in [5.74, 6) is -0.226. The van der Waals surface area contributed by atoms with Crippen LogP contribution < -0.4 is 5.32 Å². The Hall–Kier alpha value is -2.34. The second-order valence-electron chi connectivity index (χ2n) is 8.02. The van der Waals surface area contributed by atoms with Crippen LogP contribution in [-0.2, 0) is 14.3 Å². The maximum atomic E-state index is 12.5. The van der Waals surface area contributed by atoms with Crippen LogP contribution in [0.25, 0.3) is 6.08 Å². The number of fused-ring (bicyclic) bond motifs is 1. The number of rotatable bonds is 3. The lowest BCUT2D eigenvalue weighted by atomic mass is 9.88. The molecular weight excluding hydrogens is 344 g/mol. The first-order valence-electron chi connectivity index (χ1n) is 9.40. The lowest BCUT2D eigenvalue weighted by molar-refractivity contribution is -0.146. The molecule has 1 aromatic rings. The summed E-state index contributed by atoms with van der Waals surface area (Å²) < 4.78 is 10.5. The van der Waals surface area contributed by atoms with Gasteiger partial charge >= 0.3 is 12.1 Å². The Morgan fingerprint density at radius 3 is 2.67 bits per heavy atom. The van der Waals surface area contributed by atoms with Crippen molar-refractivity contribution in [2.24, 2.45) is 0 Å². The highest BCUT2D eigenvalue weighted by atomic mass is 16.6. The molecular formula is C21H28N2O4. The van der Waals surface area contributed by atoms with Gasteiger partial charge in [-0.25, -0.2) is 4.79 Å². The molecule has 0 bridgehead atoms. The summed E-state index contributed by atoms with van der Waals surface area (Å²) in [5, 5.41) is 3.03. The van der Waals surface area contributed by atoms with E-state index in [9.17, 15) is 9.59 Å². The van der Waals surface area contributed by atoms with Gasteiger partial charge < -0.3 is 14.8 Å². The monoisotopic (exact) mass is 372 g/mol. The van der Waals surface area contributed by atoms with Crippen molar-refractivity contribution in [3.05, 3.63) is 41.5 Å². The molecule has 27 heavy (non-hydrogen) atoms. The minimum Gasteiger partial charge on any atom is -0.468 e. The minimum absolute atomic E-state index is 0.140. The summed E-state index contributed by atoms with van der Waals surface area (Å²) >= 11 is 0. The highest BCUT2D eigenvalue weighted by Crippen LogP contribution is 2.35. The molecule has 0 aromatic heterocycles. The van der Waals surface area contributed by atoms with Crippen molar-refractivity contribution in [2.45, 2.75) is 57.3 Å². The van der Waals surface area contributed by atoms with Crippen molar-refractivity contribution in [2.75, 3.05) is 13.7 Å². The third-order valence-corrected chi connectivity index (χ3v) is 4.97. The minimum atomic E-state index is -0.578. The Bertz CT molecular complexity index is 738. The number of amides is 1. The number of nitrogens with one attached hydrogen (secondary N) is 1. The van der Waals surface area contributed by atoms with Gasteiger partial charge in [0.25, 0.3) is 0 Å². The number of methoxy groups -OCH3 is 1. The molecule has 1 aliphatic heterocycles. The van der Waals surface area contributed by atoms with Crippen LogP contribution >= 0.6 is 0 Å². The van der Waals surface area contributed by atoms with E-state index in [4.69, 9.17) is 9.47 Å². The van der Waals surface area contributed by atoms with Crippen LogP contribution in [0.1, 0.15) is 50.8 Å². The first kappa shape index (κ1) is 19.4. The van der Waals surface area contributed by atoms with Gasteiger partial charge in [-0.3, -0.25) is 9.69 Å². The second-order valence-corrected chi connectivity index (χ2v) is 8.02. The van der Waals surface area contributed by atoms with Crippen LogP contribution in [0.15, 0.2) is 30.3 Å². The molecule has 1 saturated heterocycles. The maximum Gasteiger partial charge on any atom is 0.408 e. The van der Waals surface area contributed by atoms with Crippen molar-refractivity contribution >= 4 is 18.1 Å². The Morgan fingerprint density at radius 2 is 1.96 bits per heavy atom. The third-order valence-electron chi connectivity index (χ3n) is 4.97. The molecule has 146 valence electrons. The number of benzene rings is 1. The molecule has 1 N–H and O–H groups in total. The van der Waals surface area contributed by atoms with Gasteiger partial charge in [0.15, 0.2) is 0 Å². The molecule has 1 aromatic carbocycles. The molecule has 1 amide bonds. The standard InChI is InChI=1S/C21H28N2O4/c1-21(2,3)27-20(25)22-18-15-9-6-5-8-14(15)11-12-16(18)23-13-7-10-17(23)19(24)26-4/h5-6,8-9,11-12,16-18H,7,10,13H2,1-4H3,(H,22,25)/t16-,17+,18-/m1/s1. The second kappa shape index (κ2) is 7.72. The van der Waals surface area contributed by atoms with E-state index in [1.807, 2.05) is 45.0 Å². The number of likely N-dealkylation sites (tertiary alicyclic amines) is 1. The van der Waals surface area contributed by atoms with Crippen molar-refractivity contribution in [1.29, 1.82) is 0 Å². The van der Waals surface area contributed by atoms with Crippen LogP contribution in [0, 0.1) is 0 Å². The van der Waals surface area contributed by atoms with Gasteiger partial charge in [-0.15, -0.1) is 0 Å². The number of hydrogen-bond acceptors (Lipinski definition) is 5. The van der Waals surface area contributed by atoms with E-state index in [2.05, 4.69) is 22.4 Å². The highest BCUT2D eigenvalue weighted by Gasteiger charge is 2.41. The van der Waals surface area contributed by atoms with Crippen LogP contribution in [0.4, 0.5) is 4.79 Å². The molecule has 3 atom stereocenters. The van der Waals surface area contributed by atoms with Gasteiger partial charge in [-0.2, -0.15) is 0 Å². The molecule has 6 nitrogen and oxygen atoms in total. The summed E-state index contributed by atoms with van der Waals surface area (Å²) in [6, 6.07) is 7.23. The summed E-state index contributed by atoms with van der Waals surface area (Å²) in [4.78, 5) is 26.9. The van der Waals surface area contributed by atoms with E-state index < -0.39 is 11.7 Å². The third kappa shape index (κ3) is 4.33. The highest BCUT2D eigenvalue weighted by molar-refractivity contribution is 5.76. The van der Waals surface area contributed by atoms with Gasteiger partial charge in [-0.1, -0.05) is 36.4 Å². The van der Waals surface area contributed by atoms with E-state index in [0.29, 0.717) is 0 Å². The maximum absolute atomic E-state index is 12.5. The first-order chi connectivity index (χ1) is 12.8. The summed E-state index contributed by atoms with van der Waals surface area (Å²) in [5.41, 5.74) is 1.50. The zero-order valence-electron chi connectivity index (χ0n) is 16.4. The van der Waals surface area contributed by atoms with E-state index in [1.165, 1.54) is 7.11 Å². The first-order valence-corrected chi connectivity index (χ1v) is 9.40. The summed E-state index contributed by atoms with van der Waals surface area (Å²) in [6.07, 6.45) is 5.34. The average molecular weight is 372 g/mol. The molecule has 1 fully saturated rings. The quantitative estimate of drug-likeness (QED) is 0.825. The van der Waals surface area contributed by atoms with E-state index in [1.54, 1.807) is 0 Å². The van der Waals surface area contributed by atoms with Gasteiger partial charge in [0, 0.05) is 0 Å². The summed E-state index contributed by atoms with van der Waals surface area (Å²) in [7, 11) is 1.42. The van der Waals surface area contributed by atoms with Crippen molar-refractivity contribution in [3.63, 3.8) is 0 Å². The number of nitrogens with zero attached hydrogens (tertiary/aromatic N) is 1. The zero-order valence-corrected chi connectivity index (χ0v) is 16.4. The Morgan fingerprint density at radius 1 is 1.22 bits per heavy atom. The van der Waals surface area contributed by atoms with Crippen LogP contribution in [0.5, 0.6) is 0 Å². The van der Waals surface area contributed by atoms with Crippen molar-refractivity contribution < 1.29 is 19.1 Å². The fourth-order valence-corrected chi connectivity index (χ4v) is 3.88. The van der Waals surface area contributed by atoms with Gasteiger partial charge in [0.1, 0.15) is 11.6 Å². The predicted octanol–water partition coefficient (Wildman–Crippen LogP) is 3.29. The molecule has 1 aliphatic carbocycles. The largest absolute Gasteiger partial charge is 0.468 e. The molecule has 0 saturated carbocycles. The SMILES string of the molecule is COC(=O)[C@@H]1CCCN1[C@@H]1C=Cc2ccccc2[C@H]1NC(=O)OC(C)(C)C. The number of carbonyl (C=O) groups is 2. The molecule has 6 heteroatoms. The zero-order chi connectivity index (χ0) is 19.6. The fourth-order valence-electron chi connectivity index (χ4n) is 3.88. The lowest BCUT2D eigenvalue weighted by Crippen LogP contribution is -2.51. The smallest absolute Gasteiger partial charge is 0.408 e. The molecule has 3 rings (SSSR count). The number of carbonyl (C=O) groups excluding carboxylic acids is 2. The van der Waals surface area contributed by atoms with E-state index in [-0.39, 0.29) is 24.1 Å². The molecule has 0 radical (unpaired) electrons. The van der Waals surface area contributed by atoms with Crippen LogP contribution in [-0.4, -0.2) is 48.3 Å². The number of alkyl carbamates (subject to hydrolysis) is 1. The molecule has 1 heterocycles. The Balaban J connectivity index is 1.90. The predicted molar refractivity (Wildman–Crippen MR) is 103 cm³/mol. The Labute approximate surface area is 160 Å². The van der Waals surface area contributed by atoms with Crippen LogP contribution in [0.3, 0.4) is 0 Å². The Kier molecular flexibility index (Phi) is 5.56. The molecule has 0 spiro atoms. The lowest BCUT2D eigenvalue weighted by Gasteiger charge is -2.38. The van der Waals surface area contributed by atoms with Crippen molar-refractivity contribution in [3.8, 4) is 0 Å². The number of esters is 1. The van der Waals surface area contributed by atoms with Gasteiger partial charge in [-0.05, 0) is 51.3 Å². The topological polar surface area (TPSA) is 67.9 Å². The summed E-state index contributed by atoms with van der Waals surface area (Å²) in [6.45, 7) is 6.30. The molecule has 0 unspecified atom stereocenters. The van der Waals surface area contributed by atoms with E-state index in [0.717, 1.165) is 30.5 Å². The average Bonchev–Trinajstić information content (AvgIpc) is 3.09. The molecule has 2 aliphatic rings. The van der Waals surface area contributed by atoms with Crippen molar-refractivity contribution in [1.82, 2.24) is 10.2 Å². The fraction of sp³-hybridized carbons (Fsp3) is 0.524. The number of hydrogen-bond donors (Lipinski definition) is 1. The normalized spacial score (nSPS) is 25.0. The van der Waals surface area contributed by atoms with Gasteiger partial charge in [0.05, 0.1) is 19.2 Å². The van der Waals surface area contributed by atoms with Crippen LogP contribution in [0.2, 0.25) is 0 Å². The van der Waals surface area contributed by atoms with Gasteiger partial charge in [0.2, 0.25) is 0 Å². The number of ether oxygens (including phenoxy) is 2. The van der Waals surface area contributed by atoms with E-state index >= 15 is 0 Å².